The van der Waals surface area contributed by atoms with Crippen LogP contribution in [0.25, 0.3) is 5.57 Å². The van der Waals surface area contributed by atoms with Gasteiger partial charge in [0.15, 0.2) is 0 Å². The highest BCUT2D eigenvalue weighted by Crippen LogP contribution is 2.08. The third kappa shape index (κ3) is 2.33. The standard InChI is InChI=1S/C9H10.P/c1-8(2)9-6-4-3-5-7-9;/h3-7H,1H2,2H3;. The maximum Gasteiger partial charge on any atom is 0 e. The molecular formula is C9H10P. The van der Waals surface area contributed by atoms with Crippen LogP contribution in [0, 0.1) is 0 Å². The van der Waals surface area contributed by atoms with Crippen molar-refractivity contribution in [2.75, 3.05) is 0 Å². The van der Waals surface area contributed by atoms with Crippen LogP contribution >= 0.6 is 9.90 Å². The van der Waals surface area contributed by atoms with Crippen LogP contribution in [0.5, 0.6) is 0 Å². The van der Waals surface area contributed by atoms with Crippen molar-refractivity contribution in [3.63, 3.8) is 0 Å². The van der Waals surface area contributed by atoms with E-state index in [0.29, 0.717) is 0 Å². The molecule has 0 bridgehead atoms. The lowest BCUT2D eigenvalue weighted by atomic mass is 10.1. The Morgan fingerprint density at radius 1 is 1.20 bits per heavy atom. The lowest BCUT2D eigenvalue weighted by Crippen LogP contribution is -1.72. The molecule has 0 aliphatic rings. The third-order valence-electron chi connectivity index (χ3n) is 1.27. The van der Waals surface area contributed by atoms with Crippen LogP contribution < -0.4 is 0 Å². The highest BCUT2D eigenvalue weighted by Gasteiger charge is 1.86. The van der Waals surface area contributed by atoms with Crippen LogP contribution in [0.4, 0.5) is 0 Å². The Kier molecular flexibility index (Phi) is 3.99. The minimum absolute atomic E-state index is 0. The minimum Gasteiger partial charge on any atom is -0.0955 e. The summed E-state index contributed by atoms with van der Waals surface area (Å²) in [4.78, 5) is 0. The summed E-state index contributed by atoms with van der Waals surface area (Å²) in [6, 6.07) is 10.2. The molecule has 1 rings (SSSR count). The van der Waals surface area contributed by atoms with E-state index in [1.165, 1.54) is 5.56 Å². The van der Waals surface area contributed by atoms with Gasteiger partial charge in [0.1, 0.15) is 0 Å². The molecule has 1 heteroatoms. The van der Waals surface area contributed by atoms with Gasteiger partial charge in [0.05, 0.1) is 0 Å². The van der Waals surface area contributed by atoms with Crippen LogP contribution in [-0.2, 0) is 0 Å². The summed E-state index contributed by atoms with van der Waals surface area (Å²) in [6.07, 6.45) is 0. The zero-order valence-corrected chi connectivity index (χ0v) is 6.94. The summed E-state index contributed by atoms with van der Waals surface area (Å²) >= 11 is 0. The van der Waals surface area contributed by atoms with Gasteiger partial charge in [-0.1, -0.05) is 42.5 Å². The van der Waals surface area contributed by atoms with Gasteiger partial charge >= 0.3 is 0 Å². The van der Waals surface area contributed by atoms with Gasteiger partial charge in [-0.15, -0.1) is 0 Å². The average Bonchev–Trinajstić information content (AvgIpc) is 1.90. The molecule has 1 aromatic carbocycles. The lowest BCUT2D eigenvalue weighted by Gasteiger charge is -1.94. The number of allylic oxidation sites excluding steroid dienone is 1. The molecule has 51 valence electrons. The monoisotopic (exact) mass is 149 g/mol. The van der Waals surface area contributed by atoms with E-state index in [2.05, 4.69) is 18.7 Å². The maximum absolute atomic E-state index is 3.83. The third-order valence-corrected chi connectivity index (χ3v) is 1.27. The number of rotatable bonds is 1. The van der Waals surface area contributed by atoms with Crippen molar-refractivity contribution in [2.24, 2.45) is 0 Å². The molecule has 0 N–H and O–H groups in total. The molecule has 0 aliphatic heterocycles. The molecule has 0 fully saturated rings. The molecule has 0 nitrogen and oxygen atoms in total. The SMILES string of the molecule is C=C(C)c1ccccc1.[P]. The van der Waals surface area contributed by atoms with E-state index < -0.39 is 0 Å². The molecule has 0 saturated heterocycles. The van der Waals surface area contributed by atoms with Gasteiger partial charge < -0.3 is 0 Å². The van der Waals surface area contributed by atoms with Gasteiger partial charge in [0.2, 0.25) is 0 Å². The zero-order valence-electron chi connectivity index (χ0n) is 6.04. The summed E-state index contributed by atoms with van der Waals surface area (Å²) in [5, 5.41) is 0. The Labute approximate surface area is 65.6 Å². The van der Waals surface area contributed by atoms with Gasteiger partial charge in [-0.25, -0.2) is 0 Å². The predicted molar refractivity (Wildman–Crippen MR) is 48.1 cm³/mol. The summed E-state index contributed by atoms with van der Waals surface area (Å²) in [6.45, 7) is 5.83. The first-order valence-corrected chi connectivity index (χ1v) is 3.01. The molecule has 0 spiro atoms. The van der Waals surface area contributed by atoms with Gasteiger partial charge in [0, 0.05) is 9.90 Å². The van der Waals surface area contributed by atoms with Crippen molar-refractivity contribution >= 4 is 15.5 Å². The molecule has 0 saturated carbocycles. The van der Waals surface area contributed by atoms with Gasteiger partial charge in [-0.2, -0.15) is 0 Å². The minimum atomic E-state index is 0. The smallest absolute Gasteiger partial charge is 0 e. The van der Waals surface area contributed by atoms with Crippen LogP contribution in [-0.4, -0.2) is 0 Å². The average molecular weight is 149 g/mol. The van der Waals surface area contributed by atoms with Crippen molar-refractivity contribution in [2.45, 2.75) is 6.92 Å². The van der Waals surface area contributed by atoms with E-state index in [9.17, 15) is 0 Å². The zero-order chi connectivity index (χ0) is 6.69. The van der Waals surface area contributed by atoms with E-state index in [1.54, 1.807) is 0 Å². The van der Waals surface area contributed by atoms with Crippen molar-refractivity contribution in [3.8, 4) is 0 Å². The molecule has 1 aromatic rings. The second-order valence-electron chi connectivity index (χ2n) is 2.15. The fourth-order valence-electron chi connectivity index (χ4n) is 0.723. The Bertz CT molecular complexity index is 201. The fourth-order valence-corrected chi connectivity index (χ4v) is 0.723. The predicted octanol–water partition coefficient (Wildman–Crippen LogP) is 3.58. The van der Waals surface area contributed by atoms with E-state index in [0.717, 1.165) is 5.57 Å². The molecule has 0 atom stereocenters. The maximum atomic E-state index is 3.83. The molecule has 0 aliphatic carbocycles. The first-order valence-electron chi connectivity index (χ1n) is 3.01. The van der Waals surface area contributed by atoms with E-state index in [4.69, 9.17) is 0 Å². The van der Waals surface area contributed by atoms with E-state index in [1.807, 2.05) is 25.1 Å². The summed E-state index contributed by atoms with van der Waals surface area (Å²) in [7, 11) is 0. The van der Waals surface area contributed by atoms with Gasteiger partial charge in [0.25, 0.3) is 0 Å². The molecule has 10 heavy (non-hydrogen) atoms. The number of hydrogen-bond acceptors (Lipinski definition) is 0. The Balaban J connectivity index is 0.000000810. The lowest BCUT2D eigenvalue weighted by molar-refractivity contribution is 1.58. The molecule has 0 unspecified atom stereocenters. The topological polar surface area (TPSA) is 0 Å². The van der Waals surface area contributed by atoms with Crippen LogP contribution in [0.2, 0.25) is 0 Å². The van der Waals surface area contributed by atoms with Crippen LogP contribution in [0.15, 0.2) is 36.9 Å². The number of benzene rings is 1. The van der Waals surface area contributed by atoms with Gasteiger partial charge in [-0.05, 0) is 12.5 Å². The highest BCUT2D eigenvalue weighted by atomic mass is 31.0. The molecule has 0 amide bonds. The fraction of sp³-hybridized carbons (Fsp3) is 0.111. The Morgan fingerprint density at radius 3 is 2.00 bits per heavy atom. The van der Waals surface area contributed by atoms with Crippen molar-refractivity contribution in [1.82, 2.24) is 0 Å². The summed E-state index contributed by atoms with van der Waals surface area (Å²) in [5.74, 6) is 0. The van der Waals surface area contributed by atoms with Crippen molar-refractivity contribution < 1.29 is 0 Å². The molecule has 0 heterocycles. The largest absolute Gasteiger partial charge is 0.0955 e. The van der Waals surface area contributed by atoms with E-state index in [-0.39, 0.29) is 9.90 Å². The first-order chi connectivity index (χ1) is 4.30. The van der Waals surface area contributed by atoms with E-state index >= 15 is 0 Å². The van der Waals surface area contributed by atoms with Crippen LogP contribution in [0.3, 0.4) is 0 Å². The second-order valence-corrected chi connectivity index (χ2v) is 2.15. The Morgan fingerprint density at radius 2 is 1.70 bits per heavy atom. The highest BCUT2D eigenvalue weighted by molar-refractivity contribution is 6.92. The molecular weight excluding hydrogens is 139 g/mol. The summed E-state index contributed by atoms with van der Waals surface area (Å²) in [5.41, 5.74) is 2.34. The quantitative estimate of drug-likeness (QED) is 0.535. The normalized spacial score (nSPS) is 8.10. The van der Waals surface area contributed by atoms with Crippen LogP contribution in [0.1, 0.15) is 12.5 Å². The molecule has 3 radical (unpaired) electrons. The van der Waals surface area contributed by atoms with Crippen molar-refractivity contribution in [3.05, 3.63) is 42.5 Å². The Hall–Kier alpha value is -0.610. The summed E-state index contributed by atoms with van der Waals surface area (Å²) < 4.78 is 0. The number of hydrogen-bond donors (Lipinski definition) is 0. The van der Waals surface area contributed by atoms with Crippen molar-refractivity contribution in [1.29, 1.82) is 0 Å². The second kappa shape index (κ2) is 4.24. The first kappa shape index (κ1) is 9.39. The van der Waals surface area contributed by atoms with Gasteiger partial charge in [-0.3, -0.25) is 0 Å². The molecule has 0 aromatic heterocycles.